The number of aromatic nitrogens is 3. The third kappa shape index (κ3) is 3.49. The number of amides is 2. The molecule has 2 aromatic heterocycles. The summed E-state index contributed by atoms with van der Waals surface area (Å²) in [6.45, 7) is 7.72. The molecule has 2 aromatic carbocycles. The van der Waals surface area contributed by atoms with E-state index < -0.39 is 22.9 Å². The Kier molecular flexibility index (Phi) is 5.84. The van der Waals surface area contributed by atoms with Crippen molar-refractivity contribution in [2.24, 2.45) is 7.05 Å². The Labute approximate surface area is 237 Å². The normalized spacial score (nSPS) is 17.3. The van der Waals surface area contributed by atoms with Gasteiger partial charge in [-0.15, -0.1) is 0 Å². The van der Waals surface area contributed by atoms with Crippen LogP contribution in [0, 0.1) is 13.8 Å². The molecule has 1 N–H and O–H groups in total. The van der Waals surface area contributed by atoms with Gasteiger partial charge in [-0.2, -0.15) is 0 Å². The number of ether oxygens (including phenoxy) is 2. The topological polar surface area (TPSA) is 108 Å². The Morgan fingerprint density at radius 3 is 2.39 bits per heavy atom. The number of aryl methyl sites for hydroxylation is 3. The van der Waals surface area contributed by atoms with Crippen LogP contribution in [0.3, 0.4) is 0 Å². The van der Waals surface area contributed by atoms with Gasteiger partial charge >= 0.3 is 0 Å². The summed E-state index contributed by atoms with van der Waals surface area (Å²) in [4.78, 5) is 48.7. The summed E-state index contributed by atoms with van der Waals surface area (Å²) in [5.41, 5.74) is 2.10. The van der Waals surface area contributed by atoms with Gasteiger partial charge in [-0.3, -0.25) is 19.3 Å². The van der Waals surface area contributed by atoms with E-state index in [0.29, 0.717) is 39.8 Å². The van der Waals surface area contributed by atoms with Gasteiger partial charge in [-0.1, -0.05) is 12.1 Å². The van der Waals surface area contributed by atoms with Crippen LogP contribution < -0.4 is 25.2 Å². The van der Waals surface area contributed by atoms with Crippen molar-refractivity contribution in [1.29, 1.82) is 0 Å². The Hall–Kier alpha value is -4.86. The average molecular weight is 554 g/mol. The summed E-state index contributed by atoms with van der Waals surface area (Å²) >= 11 is 0. The zero-order chi connectivity index (χ0) is 29.4. The third-order valence-corrected chi connectivity index (χ3v) is 7.84. The highest BCUT2D eigenvalue weighted by Gasteiger charge is 2.64. The first-order chi connectivity index (χ1) is 19.5. The van der Waals surface area contributed by atoms with Crippen LogP contribution in [0.2, 0.25) is 0 Å². The van der Waals surface area contributed by atoms with Gasteiger partial charge in [0.2, 0.25) is 0 Å². The summed E-state index contributed by atoms with van der Waals surface area (Å²) in [6, 6.07) is 12.4. The van der Waals surface area contributed by atoms with Gasteiger partial charge in [0, 0.05) is 36.6 Å². The lowest BCUT2D eigenvalue weighted by molar-refractivity contribution is -0.119. The van der Waals surface area contributed by atoms with E-state index in [4.69, 9.17) is 14.5 Å². The van der Waals surface area contributed by atoms with Crippen molar-refractivity contribution >= 4 is 23.2 Å². The number of methoxy groups -OCH3 is 2. The molecule has 6 rings (SSSR count). The van der Waals surface area contributed by atoms with Gasteiger partial charge < -0.3 is 23.9 Å². The zero-order valence-electron chi connectivity index (χ0n) is 24.0. The second-order valence-corrected chi connectivity index (χ2v) is 10.8. The maximum Gasteiger partial charge on any atom is 0.280 e. The average Bonchev–Trinajstić information content (AvgIpc) is 3.54. The molecule has 0 saturated heterocycles. The molecular weight excluding hydrogens is 522 g/mol. The smallest absolute Gasteiger partial charge is 0.280 e. The molecule has 210 valence electrons. The van der Waals surface area contributed by atoms with E-state index in [-0.39, 0.29) is 17.4 Å². The molecule has 4 aromatic rings. The molecule has 2 aliphatic heterocycles. The van der Waals surface area contributed by atoms with Crippen LogP contribution in [0.25, 0.3) is 11.4 Å². The molecule has 0 saturated carbocycles. The van der Waals surface area contributed by atoms with Crippen LogP contribution in [0.1, 0.15) is 52.8 Å². The molecule has 0 fully saturated rings. The maximum atomic E-state index is 14.5. The highest BCUT2D eigenvalue weighted by molar-refractivity contribution is 6.23. The fraction of sp³-hybridized carbons (Fsp3) is 0.290. The van der Waals surface area contributed by atoms with E-state index in [1.165, 1.54) is 9.47 Å². The van der Waals surface area contributed by atoms with Crippen molar-refractivity contribution in [1.82, 2.24) is 14.1 Å². The first-order valence-electron chi connectivity index (χ1n) is 13.3. The summed E-state index contributed by atoms with van der Waals surface area (Å²) < 4.78 is 14.4. The lowest BCUT2D eigenvalue weighted by Gasteiger charge is -2.35. The highest BCUT2D eigenvalue weighted by atomic mass is 16.5. The van der Waals surface area contributed by atoms with Gasteiger partial charge in [0.05, 0.1) is 25.5 Å². The monoisotopic (exact) mass is 553 g/mol. The van der Waals surface area contributed by atoms with Gasteiger partial charge in [0.25, 0.3) is 17.4 Å². The van der Waals surface area contributed by atoms with E-state index >= 15 is 0 Å². The molecule has 4 heterocycles. The first-order valence-corrected chi connectivity index (χ1v) is 13.3. The predicted octanol–water partition coefficient (Wildman–Crippen LogP) is 4.32. The van der Waals surface area contributed by atoms with Gasteiger partial charge in [0.15, 0.2) is 11.2 Å². The Morgan fingerprint density at radius 2 is 1.71 bits per heavy atom. The number of rotatable bonds is 5. The highest BCUT2D eigenvalue weighted by Crippen LogP contribution is 2.54. The lowest BCUT2D eigenvalue weighted by atomic mass is 9.86. The van der Waals surface area contributed by atoms with Crippen molar-refractivity contribution in [2.75, 3.05) is 24.4 Å². The van der Waals surface area contributed by atoms with Gasteiger partial charge in [0.1, 0.15) is 23.0 Å². The number of pyridine rings is 1. The molecule has 1 atom stereocenters. The molecule has 1 spiro atoms. The molecule has 10 nitrogen and oxygen atoms in total. The molecule has 0 radical (unpaired) electrons. The number of fused-ring (bicyclic) bond motifs is 4. The van der Waals surface area contributed by atoms with E-state index in [9.17, 15) is 14.4 Å². The number of nitrogens with one attached hydrogen (secondary N) is 1. The lowest BCUT2D eigenvalue weighted by Crippen LogP contribution is -2.53. The van der Waals surface area contributed by atoms with Gasteiger partial charge in [-0.05, 0) is 63.1 Å². The molecule has 2 aliphatic rings. The predicted molar refractivity (Wildman–Crippen MR) is 155 cm³/mol. The van der Waals surface area contributed by atoms with Crippen LogP contribution in [0.5, 0.6) is 11.5 Å². The molecule has 10 heteroatoms. The van der Waals surface area contributed by atoms with Crippen molar-refractivity contribution < 1.29 is 19.1 Å². The number of benzene rings is 2. The summed E-state index contributed by atoms with van der Waals surface area (Å²) in [5, 5.41) is 3.01. The standard InChI is InChI=1S/C31H31N5O5/c1-16(2)35-26-25(33-27(35)20-10-9-19(40-6)14-24(20)41-7)29(38)36(23-13-18(4)15-34(5)28(23)37)31(26)21-11-8-17(3)12-22(21)32-30(31)39/h8-16H,1-7H3,(H,32,39). The Balaban J connectivity index is 1.74. The number of carbonyl (C=O) groups excluding carboxylic acids is 2. The summed E-state index contributed by atoms with van der Waals surface area (Å²) in [7, 11) is 4.76. The van der Waals surface area contributed by atoms with Crippen molar-refractivity contribution in [2.45, 2.75) is 39.3 Å². The number of anilines is 2. The van der Waals surface area contributed by atoms with Crippen molar-refractivity contribution in [3.63, 3.8) is 0 Å². The number of nitrogens with zero attached hydrogens (tertiary/aromatic N) is 4. The Bertz CT molecular complexity index is 1840. The molecule has 1 unspecified atom stereocenters. The van der Waals surface area contributed by atoms with Crippen LogP contribution in [-0.4, -0.2) is 40.2 Å². The Morgan fingerprint density at radius 1 is 0.951 bits per heavy atom. The van der Waals surface area contributed by atoms with Crippen LogP contribution in [0.15, 0.2) is 53.5 Å². The molecular formula is C31H31N5O5. The van der Waals surface area contributed by atoms with Crippen LogP contribution >= 0.6 is 0 Å². The number of hydrogen-bond donors (Lipinski definition) is 1. The molecule has 41 heavy (non-hydrogen) atoms. The second-order valence-electron chi connectivity index (χ2n) is 10.8. The number of imidazole rings is 1. The minimum atomic E-state index is -1.66. The first kappa shape index (κ1) is 26.4. The van der Waals surface area contributed by atoms with E-state index in [2.05, 4.69) is 5.32 Å². The fourth-order valence-corrected chi connectivity index (χ4v) is 6.15. The third-order valence-electron chi connectivity index (χ3n) is 7.84. The van der Waals surface area contributed by atoms with Crippen LogP contribution in [-0.2, 0) is 17.4 Å². The fourth-order valence-electron chi connectivity index (χ4n) is 6.15. The minimum Gasteiger partial charge on any atom is -0.497 e. The van der Waals surface area contributed by atoms with Crippen molar-refractivity contribution in [3.05, 3.63) is 87.1 Å². The van der Waals surface area contributed by atoms with Crippen molar-refractivity contribution in [3.8, 4) is 22.9 Å². The number of carbonyl (C=O) groups is 2. The van der Waals surface area contributed by atoms with Gasteiger partial charge in [-0.25, -0.2) is 4.98 Å². The van der Waals surface area contributed by atoms with Crippen LogP contribution in [0.4, 0.5) is 11.4 Å². The SMILES string of the molecule is COc1ccc(-c2nc3c(n2C(C)C)C2(C(=O)Nc4cc(C)ccc42)N(c2cc(C)cn(C)c2=O)C3=O)c(OC)c1. The molecule has 0 bridgehead atoms. The van der Waals surface area contributed by atoms with E-state index in [0.717, 1.165) is 11.1 Å². The molecule has 0 aliphatic carbocycles. The van der Waals surface area contributed by atoms with E-state index in [1.54, 1.807) is 45.7 Å². The summed E-state index contributed by atoms with van der Waals surface area (Å²) in [6.07, 6.45) is 1.69. The molecule has 2 amide bonds. The largest absolute Gasteiger partial charge is 0.497 e. The van der Waals surface area contributed by atoms with E-state index in [1.807, 2.05) is 56.5 Å². The zero-order valence-corrected chi connectivity index (χ0v) is 24.0. The second kappa shape index (κ2) is 9.09. The minimum absolute atomic E-state index is 0.109. The maximum absolute atomic E-state index is 14.5. The quantitative estimate of drug-likeness (QED) is 0.395. The number of hydrogen-bond acceptors (Lipinski definition) is 6. The summed E-state index contributed by atoms with van der Waals surface area (Å²) in [5.74, 6) is 0.632.